The van der Waals surface area contributed by atoms with Gasteiger partial charge in [-0.05, 0) is 79.0 Å². The lowest BCUT2D eigenvalue weighted by Gasteiger charge is -2.40. The van der Waals surface area contributed by atoms with Crippen LogP contribution in [0.15, 0.2) is 57.2 Å². The summed E-state index contributed by atoms with van der Waals surface area (Å²) in [5.74, 6) is 2.67. The molecule has 2 fully saturated rings. The van der Waals surface area contributed by atoms with Crippen LogP contribution in [-0.4, -0.2) is 38.4 Å². The number of carbonyl (C=O) groups is 1. The van der Waals surface area contributed by atoms with Crippen LogP contribution in [-0.2, 0) is 21.4 Å². The number of rotatable bonds is 7. The Balaban J connectivity index is 1.33. The first-order valence-corrected chi connectivity index (χ1v) is 16.0. The average molecular weight is 588 g/mol. The van der Waals surface area contributed by atoms with E-state index >= 15 is 0 Å². The number of fused-ring (bicyclic) bond motifs is 6. The number of benzene rings is 2. The van der Waals surface area contributed by atoms with Crippen LogP contribution in [0.25, 0.3) is 0 Å². The molecular weight excluding hydrogens is 559 g/mol. The van der Waals surface area contributed by atoms with Crippen LogP contribution in [0.1, 0.15) is 35.6 Å². The third-order valence-electron chi connectivity index (χ3n) is 8.23. The van der Waals surface area contributed by atoms with E-state index in [0.717, 1.165) is 15.5 Å². The van der Waals surface area contributed by atoms with E-state index in [-0.39, 0.29) is 28.1 Å². The SMILES string of the molecule is COc1ccc([C@@H]2c3sc(=O)n(CC(=O)Nc4ccc(S(N)(=O)=O)cc4)c3S[C@@H]3[C@H]4CC[C@@H](C4)[C@@H]23)cc1OC. The normalized spacial score (nSPS) is 25.2. The number of methoxy groups -OCH3 is 2. The zero-order chi connectivity index (χ0) is 27.5. The van der Waals surface area contributed by atoms with Gasteiger partial charge in [-0.2, -0.15) is 0 Å². The van der Waals surface area contributed by atoms with Gasteiger partial charge in [-0.25, -0.2) is 13.6 Å². The Morgan fingerprint density at radius 2 is 1.79 bits per heavy atom. The molecule has 5 atom stereocenters. The second-order valence-electron chi connectivity index (χ2n) is 10.3. The number of amides is 1. The molecule has 12 heteroatoms. The molecule has 0 saturated heterocycles. The van der Waals surface area contributed by atoms with Crippen LogP contribution in [0, 0.1) is 17.8 Å². The number of nitrogens with zero attached hydrogens (tertiary/aromatic N) is 1. The zero-order valence-corrected chi connectivity index (χ0v) is 23.9. The molecule has 9 nitrogen and oxygen atoms in total. The van der Waals surface area contributed by atoms with E-state index in [2.05, 4.69) is 11.4 Å². The monoisotopic (exact) mass is 587 g/mol. The van der Waals surface area contributed by atoms with E-state index in [9.17, 15) is 18.0 Å². The molecule has 3 aromatic rings. The van der Waals surface area contributed by atoms with Gasteiger partial charge in [-0.15, -0.1) is 11.8 Å². The number of anilines is 1. The van der Waals surface area contributed by atoms with Gasteiger partial charge in [-0.3, -0.25) is 14.2 Å². The number of thiazole rings is 1. The van der Waals surface area contributed by atoms with Crippen molar-refractivity contribution in [2.45, 2.75) is 46.9 Å². The highest BCUT2D eigenvalue weighted by molar-refractivity contribution is 8.00. The second-order valence-corrected chi connectivity index (χ2v) is 14.0. The van der Waals surface area contributed by atoms with Gasteiger partial charge in [-0.1, -0.05) is 17.4 Å². The number of nitrogens with two attached hydrogens (primary N) is 1. The fourth-order valence-electron chi connectivity index (χ4n) is 6.58. The quantitative estimate of drug-likeness (QED) is 0.429. The Labute approximate surface area is 234 Å². The first-order chi connectivity index (χ1) is 18.7. The molecule has 206 valence electrons. The fraction of sp³-hybridized carbons (Fsp3) is 0.407. The summed E-state index contributed by atoms with van der Waals surface area (Å²) in [6.07, 6.45) is 3.63. The number of sulfonamides is 1. The highest BCUT2D eigenvalue weighted by Crippen LogP contribution is 2.64. The lowest BCUT2D eigenvalue weighted by Crippen LogP contribution is -2.34. The van der Waals surface area contributed by atoms with Gasteiger partial charge in [0.1, 0.15) is 6.54 Å². The molecule has 2 saturated carbocycles. The number of aromatic nitrogens is 1. The molecule has 0 radical (unpaired) electrons. The van der Waals surface area contributed by atoms with Gasteiger partial charge in [0.2, 0.25) is 15.9 Å². The van der Waals surface area contributed by atoms with Crippen LogP contribution in [0.2, 0.25) is 0 Å². The van der Waals surface area contributed by atoms with Crippen molar-refractivity contribution < 1.29 is 22.7 Å². The first-order valence-electron chi connectivity index (χ1n) is 12.7. The summed E-state index contributed by atoms with van der Waals surface area (Å²) >= 11 is 2.99. The lowest BCUT2D eigenvalue weighted by atomic mass is 9.75. The van der Waals surface area contributed by atoms with E-state index in [0.29, 0.717) is 40.2 Å². The maximum Gasteiger partial charge on any atom is 0.308 e. The average Bonchev–Trinajstić information content (AvgIpc) is 3.61. The van der Waals surface area contributed by atoms with Crippen molar-refractivity contribution in [3.05, 3.63) is 62.6 Å². The van der Waals surface area contributed by atoms with E-state index in [1.165, 1.54) is 54.9 Å². The van der Waals surface area contributed by atoms with Crippen LogP contribution < -0.4 is 24.8 Å². The van der Waals surface area contributed by atoms with E-state index in [1.807, 2.05) is 12.1 Å². The lowest BCUT2D eigenvalue weighted by molar-refractivity contribution is -0.116. The predicted molar refractivity (Wildman–Crippen MR) is 150 cm³/mol. The highest BCUT2D eigenvalue weighted by atomic mass is 32.2. The molecule has 1 aromatic heterocycles. The van der Waals surface area contributed by atoms with Crippen molar-refractivity contribution in [1.29, 1.82) is 0 Å². The smallest absolute Gasteiger partial charge is 0.308 e. The molecule has 1 amide bonds. The summed E-state index contributed by atoms with van der Waals surface area (Å²) in [5, 5.41) is 9.19. The summed E-state index contributed by atoms with van der Waals surface area (Å²) < 4.78 is 35.7. The van der Waals surface area contributed by atoms with Gasteiger partial charge >= 0.3 is 4.87 Å². The minimum absolute atomic E-state index is 0.0401. The minimum Gasteiger partial charge on any atom is -0.493 e. The van der Waals surface area contributed by atoms with Crippen molar-refractivity contribution >= 4 is 44.7 Å². The van der Waals surface area contributed by atoms with Gasteiger partial charge in [0.25, 0.3) is 0 Å². The Kier molecular flexibility index (Phi) is 6.77. The van der Waals surface area contributed by atoms with Gasteiger partial charge in [0.15, 0.2) is 11.5 Å². The Hall–Kier alpha value is -2.80. The van der Waals surface area contributed by atoms with Crippen molar-refractivity contribution in [1.82, 2.24) is 4.57 Å². The second kappa shape index (κ2) is 9.99. The molecule has 0 spiro atoms. The number of nitrogens with one attached hydrogen (secondary N) is 1. The van der Waals surface area contributed by atoms with Gasteiger partial charge in [0.05, 0.1) is 24.1 Å². The van der Waals surface area contributed by atoms with Crippen LogP contribution >= 0.6 is 23.1 Å². The molecule has 6 rings (SSSR count). The molecular formula is C27H29N3O6S3. The minimum atomic E-state index is -3.83. The molecule has 0 unspecified atom stereocenters. The van der Waals surface area contributed by atoms with E-state index < -0.39 is 10.0 Å². The van der Waals surface area contributed by atoms with Crippen molar-refractivity contribution in [2.24, 2.45) is 22.9 Å². The number of hydrogen-bond donors (Lipinski definition) is 2. The maximum atomic E-state index is 13.3. The Bertz CT molecular complexity index is 1600. The summed E-state index contributed by atoms with van der Waals surface area (Å²) in [4.78, 5) is 27.1. The third-order valence-corrected chi connectivity index (χ3v) is 12.0. The molecule has 2 aliphatic carbocycles. The van der Waals surface area contributed by atoms with Gasteiger partial charge < -0.3 is 14.8 Å². The van der Waals surface area contributed by atoms with Crippen molar-refractivity contribution in [3.8, 4) is 11.5 Å². The molecule has 1 aliphatic heterocycles. The zero-order valence-electron chi connectivity index (χ0n) is 21.5. The van der Waals surface area contributed by atoms with Crippen LogP contribution in [0.4, 0.5) is 5.69 Å². The van der Waals surface area contributed by atoms with Crippen LogP contribution in [0.3, 0.4) is 0 Å². The van der Waals surface area contributed by atoms with E-state index in [4.69, 9.17) is 14.6 Å². The third kappa shape index (κ3) is 4.66. The number of carbonyl (C=O) groups excluding carboxylic acids is 1. The molecule has 3 aliphatic rings. The Morgan fingerprint density at radius 1 is 1.08 bits per heavy atom. The molecule has 2 heterocycles. The summed E-state index contributed by atoms with van der Waals surface area (Å²) in [6, 6.07) is 11.6. The van der Waals surface area contributed by atoms with Crippen molar-refractivity contribution in [2.75, 3.05) is 19.5 Å². The summed E-state index contributed by atoms with van der Waals surface area (Å²) in [7, 11) is -0.587. The molecule has 39 heavy (non-hydrogen) atoms. The summed E-state index contributed by atoms with van der Waals surface area (Å²) in [6.45, 7) is -0.126. The fourth-order valence-corrected chi connectivity index (χ4v) is 10.2. The van der Waals surface area contributed by atoms with Gasteiger partial charge in [0, 0.05) is 21.7 Å². The molecule has 2 bridgehead atoms. The predicted octanol–water partition coefficient (Wildman–Crippen LogP) is 3.87. The Morgan fingerprint density at radius 3 is 2.49 bits per heavy atom. The number of thioether (sulfide) groups is 1. The maximum absolute atomic E-state index is 13.3. The number of primary sulfonamides is 1. The van der Waals surface area contributed by atoms with Crippen LogP contribution in [0.5, 0.6) is 11.5 Å². The van der Waals surface area contributed by atoms with E-state index in [1.54, 1.807) is 30.5 Å². The first kappa shape index (κ1) is 26.4. The standard InChI is InChI=1S/C27H29N3O6S3/c1-35-19-10-5-15(12-20(19)36-2)23-22-14-3-4-16(11-14)24(22)37-26-25(23)38-27(32)30(26)13-21(31)29-17-6-8-18(9-7-17)39(28,33)34/h5-10,12,14,16,22-24H,3-4,11,13H2,1-2H3,(H,29,31)(H2,28,33,34)/t14-,16-,22-,23-,24+/m0/s1. The highest BCUT2D eigenvalue weighted by Gasteiger charge is 2.55. The van der Waals surface area contributed by atoms with Crippen molar-refractivity contribution in [3.63, 3.8) is 0 Å². The topological polar surface area (TPSA) is 130 Å². The molecule has 3 N–H and O–H groups in total. The molecule has 2 aromatic carbocycles. The number of hydrogen-bond acceptors (Lipinski definition) is 8. The summed E-state index contributed by atoms with van der Waals surface area (Å²) in [5.41, 5.74) is 1.53. The largest absolute Gasteiger partial charge is 0.493 e. The number of ether oxygens (including phenoxy) is 2.